The lowest BCUT2D eigenvalue weighted by molar-refractivity contribution is -0.364. The van der Waals surface area contributed by atoms with Crippen molar-refractivity contribution >= 4 is 12.1 Å². The second kappa shape index (κ2) is 22.6. The summed E-state index contributed by atoms with van der Waals surface area (Å²) in [5.41, 5.74) is 8.03. The van der Waals surface area contributed by atoms with Crippen molar-refractivity contribution in [3.05, 3.63) is 216 Å². The quantitative estimate of drug-likeness (QED) is 0.0553. The van der Waals surface area contributed by atoms with E-state index >= 15 is 0 Å². The predicted molar refractivity (Wildman–Crippen MR) is 249 cm³/mol. The standard InChI is InChI=1S/C55H55NO10/c1-3-55(65-37-48(53(57)59-2)56-54(58)64-36-47-45-30-18-16-28-43(45)44-29-17-19-31-46(44)47)52(63-35-42-26-14-7-15-27-42)51(62-34-41-24-12-6-13-25-41)50(61-33-40-22-10-5-11-23-40)49(66-55)38-60-32-39-20-8-4-9-21-39/h3-31,47-52H,1,32-38H2,2H3,(H,56,58). The molecule has 6 unspecified atom stereocenters. The molecule has 8 rings (SSSR count). The van der Waals surface area contributed by atoms with Crippen LogP contribution in [0.1, 0.15) is 39.3 Å². The van der Waals surface area contributed by atoms with Gasteiger partial charge < -0.3 is 43.2 Å². The predicted octanol–water partition coefficient (Wildman–Crippen LogP) is 9.34. The van der Waals surface area contributed by atoms with Gasteiger partial charge >= 0.3 is 12.1 Å². The van der Waals surface area contributed by atoms with E-state index in [-0.39, 0.29) is 39.0 Å². The van der Waals surface area contributed by atoms with Crippen LogP contribution in [-0.4, -0.2) is 75.2 Å². The lowest BCUT2D eigenvalue weighted by atomic mass is 9.91. The minimum absolute atomic E-state index is 0.0409. The Morgan fingerprint density at radius 1 is 0.621 bits per heavy atom. The molecule has 1 fully saturated rings. The summed E-state index contributed by atoms with van der Waals surface area (Å²) < 4.78 is 51.7. The smallest absolute Gasteiger partial charge is 0.407 e. The molecule has 66 heavy (non-hydrogen) atoms. The van der Waals surface area contributed by atoms with Gasteiger partial charge in [-0.3, -0.25) is 0 Å². The summed E-state index contributed by atoms with van der Waals surface area (Å²) in [6.07, 6.45) is -2.81. The molecule has 2 aliphatic rings. The molecule has 1 N–H and O–H groups in total. The zero-order valence-corrected chi connectivity index (χ0v) is 36.9. The van der Waals surface area contributed by atoms with Crippen LogP contribution in [-0.2, 0) is 69.1 Å². The number of fused-ring (bicyclic) bond motifs is 3. The van der Waals surface area contributed by atoms with Crippen molar-refractivity contribution in [1.82, 2.24) is 5.32 Å². The van der Waals surface area contributed by atoms with Crippen LogP contribution in [0.15, 0.2) is 183 Å². The Morgan fingerprint density at radius 3 is 1.61 bits per heavy atom. The molecule has 0 bridgehead atoms. The van der Waals surface area contributed by atoms with E-state index in [4.69, 9.17) is 37.9 Å². The van der Waals surface area contributed by atoms with E-state index in [2.05, 4.69) is 24.0 Å². The van der Waals surface area contributed by atoms with Crippen molar-refractivity contribution in [2.45, 2.75) is 68.6 Å². The fourth-order valence-corrected chi connectivity index (χ4v) is 8.51. The molecule has 0 spiro atoms. The van der Waals surface area contributed by atoms with E-state index < -0.39 is 54.9 Å². The van der Waals surface area contributed by atoms with Gasteiger partial charge in [0.1, 0.15) is 31.0 Å². The number of hydrogen-bond donors (Lipinski definition) is 1. The first-order valence-electron chi connectivity index (χ1n) is 22.2. The third kappa shape index (κ3) is 11.3. The summed E-state index contributed by atoms with van der Waals surface area (Å²) in [6, 6.07) is 53.9. The summed E-state index contributed by atoms with van der Waals surface area (Å²) in [5.74, 6) is -2.74. The fourth-order valence-electron chi connectivity index (χ4n) is 8.51. The van der Waals surface area contributed by atoms with Gasteiger partial charge in [-0.25, -0.2) is 9.59 Å². The monoisotopic (exact) mass is 889 g/mol. The molecule has 0 radical (unpaired) electrons. The van der Waals surface area contributed by atoms with Crippen LogP contribution in [0.4, 0.5) is 4.79 Å². The highest BCUT2D eigenvalue weighted by atomic mass is 16.7. The Labute approximate surface area is 386 Å². The first kappa shape index (κ1) is 46.1. The molecule has 1 heterocycles. The number of rotatable bonds is 21. The highest BCUT2D eigenvalue weighted by Crippen LogP contribution is 2.45. The van der Waals surface area contributed by atoms with Crippen LogP contribution in [0.2, 0.25) is 0 Å². The van der Waals surface area contributed by atoms with E-state index in [1.54, 1.807) is 0 Å². The number of benzene rings is 6. The Balaban J connectivity index is 1.08. The fraction of sp³-hybridized carbons (Fsp3) is 0.273. The number of methoxy groups -OCH3 is 1. The number of carbonyl (C=O) groups is 2. The minimum atomic E-state index is -1.79. The van der Waals surface area contributed by atoms with Gasteiger partial charge in [0.15, 0.2) is 6.04 Å². The largest absolute Gasteiger partial charge is 0.467 e. The van der Waals surface area contributed by atoms with E-state index in [0.29, 0.717) is 6.61 Å². The van der Waals surface area contributed by atoms with Crippen molar-refractivity contribution < 1.29 is 47.5 Å². The average molecular weight is 890 g/mol. The van der Waals surface area contributed by atoms with Gasteiger partial charge in [0.2, 0.25) is 5.79 Å². The van der Waals surface area contributed by atoms with Crippen LogP contribution >= 0.6 is 0 Å². The van der Waals surface area contributed by atoms with Gasteiger partial charge in [0.25, 0.3) is 0 Å². The maximum atomic E-state index is 13.6. The van der Waals surface area contributed by atoms with Gasteiger partial charge in [0.05, 0.1) is 46.8 Å². The van der Waals surface area contributed by atoms with Gasteiger partial charge in [0, 0.05) is 5.92 Å². The summed E-state index contributed by atoms with van der Waals surface area (Å²) in [7, 11) is 1.24. The molecule has 0 saturated carbocycles. The van der Waals surface area contributed by atoms with Crippen molar-refractivity contribution in [2.24, 2.45) is 0 Å². The van der Waals surface area contributed by atoms with Crippen LogP contribution < -0.4 is 5.32 Å². The Hall–Kier alpha value is -6.44. The number of esters is 1. The third-order valence-electron chi connectivity index (χ3n) is 11.8. The summed E-state index contributed by atoms with van der Waals surface area (Å²) in [6.45, 7) is 4.75. The molecule has 6 atom stereocenters. The molecule has 6 aromatic rings. The Morgan fingerprint density at radius 2 is 1.09 bits per heavy atom. The summed E-state index contributed by atoms with van der Waals surface area (Å²) in [4.78, 5) is 27.1. The first-order valence-corrected chi connectivity index (χ1v) is 22.2. The molecule has 6 aromatic carbocycles. The van der Waals surface area contributed by atoms with Crippen molar-refractivity contribution in [1.29, 1.82) is 0 Å². The second-order valence-corrected chi connectivity index (χ2v) is 16.2. The molecule has 340 valence electrons. The van der Waals surface area contributed by atoms with Crippen LogP contribution in [0.5, 0.6) is 0 Å². The normalized spacial score (nSPS) is 20.4. The molecule has 11 heteroatoms. The number of ether oxygens (including phenoxy) is 8. The molecule has 0 aromatic heterocycles. The van der Waals surface area contributed by atoms with Gasteiger partial charge in [-0.15, -0.1) is 0 Å². The van der Waals surface area contributed by atoms with Gasteiger partial charge in [-0.2, -0.15) is 0 Å². The van der Waals surface area contributed by atoms with Crippen LogP contribution in [0, 0.1) is 0 Å². The zero-order valence-electron chi connectivity index (χ0n) is 36.9. The zero-order chi connectivity index (χ0) is 45.6. The number of hydrogen-bond acceptors (Lipinski definition) is 10. The Kier molecular flexibility index (Phi) is 15.8. The topological polar surface area (TPSA) is 120 Å². The molecular weight excluding hydrogens is 835 g/mol. The SMILES string of the molecule is C=CC1(OCC(NC(=O)OCC2c3ccccc3-c3ccccc32)C(=O)OC)OC(COCc2ccccc2)C(OCc2ccccc2)C(OCc2ccccc2)C1OCc1ccccc1. The van der Waals surface area contributed by atoms with Crippen molar-refractivity contribution in [3.63, 3.8) is 0 Å². The van der Waals surface area contributed by atoms with Gasteiger partial charge in [-0.1, -0.05) is 176 Å². The van der Waals surface area contributed by atoms with E-state index in [9.17, 15) is 9.59 Å². The van der Waals surface area contributed by atoms with Crippen molar-refractivity contribution in [3.8, 4) is 11.1 Å². The van der Waals surface area contributed by atoms with E-state index in [1.807, 2.05) is 158 Å². The number of amides is 1. The van der Waals surface area contributed by atoms with Crippen molar-refractivity contribution in [2.75, 3.05) is 26.9 Å². The maximum absolute atomic E-state index is 13.6. The lowest BCUT2D eigenvalue weighted by Crippen LogP contribution is -2.68. The second-order valence-electron chi connectivity index (χ2n) is 16.2. The summed E-state index contributed by atoms with van der Waals surface area (Å²) >= 11 is 0. The Bertz CT molecular complexity index is 2430. The van der Waals surface area contributed by atoms with E-state index in [0.717, 1.165) is 44.5 Å². The highest BCUT2D eigenvalue weighted by Gasteiger charge is 2.57. The molecule has 11 nitrogen and oxygen atoms in total. The first-order chi connectivity index (χ1) is 32.4. The van der Waals surface area contributed by atoms with Crippen LogP contribution in [0.25, 0.3) is 11.1 Å². The average Bonchev–Trinajstić information content (AvgIpc) is 3.69. The molecule has 1 saturated heterocycles. The lowest BCUT2D eigenvalue weighted by Gasteiger charge is -2.51. The highest BCUT2D eigenvalue weighted by molar-refractivity contribution is 5.82. The van der Waals surface area contributed by atoms with Crippen LogP contribution in [0.3, 0.4) is 0 Å². The molecule has 1 aliphatic heterocycles. The number of nitrogens with one attached hydrogen (secondary N) is 1. The summed E-state index contributed by atoms with van der Waals surface area (Å²) in [5, 5.41) is 2.69. The van der Waals surface area contributed by atoms with E-state index in [1.165, 1.54) is 13.2 Å². The molecular formula is C55H55NO10. The number of carbonyl (C=O) groups excluding carboxylic acids is 2. The number of alkyl carbamates (subject to hydrolysis) is 1. The maximum Gasteiger partial charge on any atom is 0.407 e. The van der Waals surface area contributed by atoms with Gasteiger partial charge in [-0.05, 0) is 50.6 Å². The minimum Gasteiger partial charge on any atom is -0.467 e. The third-order valence-corrected chi connectivity index (χ3v) is 11.8. The molecule has 1 aliphatic carbocycles. The molecule has 1 amide bonds.